The van der Waals surface area contributed by atoms with Crippen molar-refractivity contribution in [2.24, 2.45) is 0 Å². The summed E-state index contributed by atoms with van der Waals surface area (Å²) in [4.78, 5) is 0. The summed E-state index contributed by atoms with van der Waals surface area (Å²) in [5.74, 6) is 0. The Morgan fingerprint density at radius 2 is 1.20 bits per heavy atom. The van der Waals surface area contributed by atoms with Gasteiger partial charge < -0.3 is 0 Å². The number of alkyl halides is 3. The van der Waals surface area contributed by atoms with Crippen molar-refractivity contribution in [3.8, 4) is 0 Å². The molecule has 0 unspecified atom stereocenters. The van der Waals surface area contributed by atoms with Gasteiger partial charge in [0.2, 0.25) is 0 Å². The molecule has 0 spiro atoms. The van der Waals surface area contributed by atoms with Gasteiger partial charge in [0, 0.05) is 0 Å². The second kappa shape index (κ2) is 0.880. The molecule has 0 heterocycles. The second-order valence-electron chi connectivity index (χ2n) is 0.615. The van der Waals surface area contributed by atoms with Crippen LogP contribution in [0.5, 0.6) is 0 Å². The normalized spacial score (nSPS) is 12.0. The van der Waals surface area contributed by atoms with Crippen molar-refractivity contribution in [3.63, 3.8) is 0 Å². The Kier molecular flexibility index (Phi) is 0.843. The fourth-order valence-corrected chi connectivity index (χ4v) is 0. The molecule has 0 N–H and O–H groups in total. The van der Waals surface area contributed by atoms with Gasteiger partial charge in [0.25, 0.3) is 0 Å². The molecule has 5 heavy (non-hydrogen) atoms. The summed E-state index contributed by atoms with van der Waals surface area (Å²) in [6.07, 6.45) is -4.25. The SMILES string of the molecule is [CH2]C(F)(F)F. The Labute approximate surface area is 27.6 Å². The van der Waals surface area contributed by atoms with Crippen LogP contribution in [0.15, 0.2) is 0 Å². The first kappa shape index (κ1) is 4.79. The Balaban J connectivity index is 3.02. The maximum atomic E-state index is 10.2. The summed E-state index contributed by atoms with van der Waals surface area (Å²) < 4.78 is 30.7. The van der Waals surface area contributed by atoms with Gasteiger partial charge in [-0.2, -0.15) is 13.2 Å². The van der Waals surface area contributed by atoms with E-state index in [9.17, 15) is 13.2 Å². The van der Waals surface area contributed by atoms with E-state index in [2.05, 4.69) is 0 Å². The number of halogens is 3. The lowest BCUT2D eigenvalue weighted by Gasteiger charge is -1.88. The van der Waals surface area contributed by atoms with Crippen molar-refractivity contribution < 1.29 is 13.2 Å². The first-order chi connectivity index (χ1) is 2.00. The van der Waals surface area contributed by atoms with E-state index in [1.54, 1.807) is 6.92 Å². The topological polar surface area (TPSA) is 0 Å². The van der Waals surface area contributed by atoms with E-state index in [4.69, 9.17) is 0 Å². The van der Waals surface area contributed by atoms with Gasteiger partial charge in [-0.25, -0.2) is 0 Å². The fourth-order valence-electron chi connectivity index (χ4n) is 0. The predicted octanol–water partition coefficient (Wildman–Crippen LogP) is 1.38. The Morgan fingerprint density at radius 3 is 1.20 bits per heavy atom. The molecule has 0 amide bonds. The van der Waals surface area contributed by atoms with Gasteiger partial charge in [0.1, 0.15) is 0 Å². The van der Waals surface area contributed by atoms with Crippen molar-refractivity contribution in [2.75, 3.05) is 0 Å². The van der Waals surface area contributed by atoms with Crippen molar-refractivity contribution in [2.45, 2.75) is 6.18 Å². The van der Waals surface area contributed by atoms with Crippen LogP contribution in [0, 0.1) is 6.92 Å². The lowest BCUT2D eigenvalue weighted by molar-refractivity contribution is -0.0829. The van der Waals surface area contributed by atoms with Crippen molar-refractivity contribution >= 4 is 0 Å². The van der Waals surface area contributed by atoms with Crippen LogP contribution in [0.1, 0.15) is 0 Å². The van der Waals surface area contributed by atoms with Gasteiger partial charge in [0.15, 0.2) is 0 Å². The standard InChI is InChI=1S/C2H2F3/c1-2(3,4)5/h1H2. The molecule has 0 saturated heterocycles. The quantitative estimate of drug-likeness (QED) is 0.415. The molecule has 3 heteroatoms. The minimum absolute atomic E-state index is 1.77. The smallest absolute Gasteiger partial charge is 0.171 e. The van der Waals surface area contributed by atoms with Gasteiger partial charge >= 0.3 is 6.18 Å². The van der Waals surface area contributed by atoms with E-state index in [1.165, 1.54) is 0 Å². The van der Waals surface area contributed by atoms with Crippen LogP contribution in [-0.2, 0) is 0 Å². The van der Waals surface area contributed by atoms with Crippen molar-refractivity contribution in [3.05, 3.63) is 6.92 Å². The molecule has 0 nitrogen and oxygen atoms in total. The average Bonchev–Trinajstić information content (AvgIpc) is 0.722. The minimum atomic E-state index is -4.25. The summed E-state index contributed by atoms with van der Waals surface area (Å²) in [5.41, 5.74) is 0. The zero-order valence-corrected chi connectivity index (χ0v) is 2.34. The third-order valence-corrected chi connectivity index (χ3v) is 0. The average molecular weight is 83.0 g/mol. The summed E-state index contributed by atoms with van der Waals surface area (Å²) >= 11 is 0. The zero-order valence-electron chi connectivity index (χ0n) is 2.34. The summed E-state index contributed by atoms with van der Waals surface area (Å²) in [6, 6.07) is 0. The van der Waals surface area contributed by atoms with Crippen LogP contribution >= 0.6 is 0 Å². The number of hydrogen-bond donors (Lipinski definition) is 0. The van der Waals surface area contributed by atoms with E-state index in [-0.39, 0.29) is 0 Å². The van der Waals surface area contributed by atoms with Gasteiger partial charge in [0.05, 0.1) is 6.92 Å². The number of hydrogen-bond acceptors (Lipinski definition) is 0. The monoisotopic (exact) mass is 83.0 g/mol. The first-order valence-corrected chi connectivity index (χ1v) is 0.921. The van der Waals surface area contributed by atoms with Gasteiger partial charge in [-0.05, 0) is 0 Å². The molecular formula is C2H2F3. The summed E-state index contributed by atoms with van der Waals surface area (Å²) in [6.45, 7) is 1.77. The Hall–Kier alpha value is -0.210. The molecule has 31 valence electrons. The molecular weight excluding hydrogens is 81.0 g/mol. The zero-order chi connectivity index (χ0) is 4.50. The first-order valence-electron chi connectivity index (χ1n) is 0.921. The molecule has 0 saturated carbocycles. The highest BCUT2D eigenvalue weighted by molar-refractivity contribution is 4.45. The molecule has 0 fully saturated rings. The molecule has 0 aliphatic carbocycles. The molecule has 0 aromatic heterocycles. The van der Waals surface area contributed by atoms with Crippen LogP contribution in [0.3, 0.4) is 0 Å². The third kappa shape index (κ3) is 275. The maximum absolute atomic E-state index is 10.2. The second-order valence-corrected chi connectivity index (χ2v) is 0.615. The van der Waals surface area contributed by atoms with E-state index >= 15 is 0 Å². The van der Waals surface area contributed by atoms with E-state index < -0.39 is 6.18 Å². The lowest BCUT2D eigenvalue weighted by Crippen LogP contribution is -1.96. The Morgan fingerprint density at radius 1 is 1.20 bits per heavy atom. The van der Waals surface area contributed by atoms with E-state index in [0.29, 0.717) is 0 Å². The maximum Gasteiger partial charge on any atom is 0.389 e. The summed E-state index contributed by atoms with van der Waals surface area (Å²) in [5, 5.41) is 0. The van der Waals surface area contributed by atoms with Crippen LogP contribution < -0.4 is 0 Å². The van der Waals surface area contributed by atoms with Crippen LogP contribution in [0.4, 0.5) is 13.2 Å². The molecule has 1 radical (unpaired) electrons. The van der Waals surface area contributed by atoms with Crippen LogP contribution in [-0.4, -0.2) is 6.18 Å². The molecule has 0 bridgehead atoms. The van der Waals surface area contributed by atoms with E-state index in [1.807, 2.05) is 0 Å². The van der Waals surface area contributed by atoms with Crippen molar-refractivity contribution in [1.82, 2.24) is 0 Å². The van der Waals surface area contributed by atoms with Gasteiger partial charge in [-0.1, -0.05) is 0 Å². The molecule has 0 aliphatic rings. The summed E-state index contributed by atoms with van der Waals surface area (Å²) in [7, 11) is 0. The lowest BCUT2D eigenvalue weighted by atomic mass is 10.8. The van der Waals surface area contributed by atoms with Gasteiger partial charge in [-0.15, -0.1) is 0 Å². The fraction of sp³-hybridized carbons (Fsp3) is 0.500. The van der Waals surface area contributed by atoms with Gasteiger partial charge in [-0.3, -0.25) is 0 Å². The molecule has 0 rings (SSSR count). The van der Waals surface area contributed by atoms with E-state index in [0.717, 1.165) is 0 Å². The largest absolute Gasteiger partial charge is 0.389 e. The molecule has 0 atom stereocenters. The molecule has 0 aromatic rings. The molecule has 0 aliphatic heterocycles. The number of rotatable bonds is 0. The van der Waals surface area contributed by atoms with Crippen molar-refractivity contribution in [1.29, 1.82) is 0 Å². The molecule has 0 aromatic carbocycles. The highest BCUT2D eigenvalue weighted by Crippen LogP contribution is 2.09. The van der Waals surface area contributed by atoms with Crippen LogP contribution in [0.25, 0.3) is 0 Å². The minimum Gasteiger partial charge on any atom is -0.171 e. The van der Waals surface area contributed by atoms with Crippen LogP contribution in [0.2, 0.25) is 0 Å². The highest BCUT2D eigenvalue weighted by atomic mass is 19.4. The Bertz CT molecular complexity index is 20.4. The highest BCUT2D eigenvalue weighted by Gasteiger charge is 2.16. The third-order valence-electron chi connectivity index (χ3n) is 0. The predicted molar refractivity (Wildman–Crippen MR) is 11.4 cm³/mol.